The Morgan fingerprint density at radius 3 is 2.46 bits per heavy atom. The number of amides is 1. The van der Waals surface area contributed by atoms with Crippen LogP contribution < -0.4 is 5.32 Å². The molecule has 118 valence electrons. The monoisotopic (exact) mass is 317 g/mol. The fraction of sp³-hybridized carbons (Fsp3) is 0.111. The molecule has 3 aromatic rings. The van der Waals surface area contributed by atoms with Crippen LogP contribution in [-0.4, -0.2) is 20.7 Å². The van der Waals surface area contributed by atoms with Crippen LogP contribution in [0.15, 0.2) is 61.2 Å². The van der Waals surface area contributed by atoms with E-state index in [0.29, 0.717) is 11.1 Å². The Kier molecular flexibility index (Phi) is 4.34. The average molecular weight is 317 g/mol. The molecule has 0 aliphatic carbocycles. The van der Waals surface area contributed by atoms with Crippen LogP contribution in [0.2, 0.25) is 0 Å². The molecular weight excluding hydrogens is 302 g/mol. The normalized spacial score (nSPS) is 11.5. The van der Waals surface area contributed by atoms with Crippen molar-refractivity contribution in [2.45, 2.75) is 13.0 Å². The van der Waals surface area contributed by atoms with Crippen LogP contribution in [0.4, 0.5) is 0 Å². The number of nitrogens with zero attached hydrogens (tertiary/aromatic N) is 4. The summed E-state index contributed by atoms with van der Waals surface area (Å²) in [6.45, 7) is 1.92. The lowest BCUT2D eigenvalue weighted by atomic mass is 10.1. The predicted molar refractivity (Wildman–Crippen MR) is 88.4 cm³/mol. The minimum atomic E-state index is -0.174. The van der Waals surface area contributed by atoms with Crippen molar-refractivity contribution in [3.05, 3.63) is 77.9 Å². The molecule has 0 fully saturated rings. The molecule has 0 saturated heterocycles. The van der Waals surface area contributed by atoms with Gasteiger partial charge in [-0.25, -0.2) is 9.67 Å². The average Bonchev–Trinajstić information content (AvgIpc) is 3.16. The Morgan fingerprint density at radius 1 is 1.17 bits per heavy atom. The van der Waals surface area contributed by atoms with Crippen molar-refractivity contribution in [3.63, 3.8) is 0 Å². The van der Waals surface area contributed by atoms with Gasteiger partial charge in [0.1, 0.15) is 12.7 Å². The van der Waals surface area contributed by atoms with Crippen molar-refractivity contribution in [2.75, 3.05) is 0 Å². The van der Waals surface area contributed by atoms with Crippen LogP contribution in [-0.2, 0) is 0 Å². The number of aromatic nitrogens is 3. The minimum Gasteiger partial charge on any atom is -0.346 e. The highest BCUT2D eigenvalue weighted by atomic mass is 16.1. The van der Waals surface area contributed by atoms with Crippen molar-refractivity contribution in [2.24, 2.45) is 0 Å². The number of carbonyl (C=O) groups excluding carboxylic acids is 1. The standard InChI is InChI=1S/C18H15N5O/c1-13(22-18(24)16-4-2-14(10-19)3-5-16)15-6-8-17(9-7-15)23-12-20-11-21-23/h2-9,11-13H,1H3,(H,22,24)/t13-/m1/s1. The van der Waals surface area contributed by atoms with Gasteiger partial charge in [0.2, 0.25) is 0 Å². The molecule has 24 heavy (non-hydrogen) atoms. The number of benzene rings is 2. The van der Waals surface area contributed by atoms with Crippen molar-refractivity contribution >= 4 is 5.91 Å². The highest BCUT2D eigenvalue weighted by Gasteiger charge is 2.11. The van der Waals surface area contributed by atoms with Crippen molar-refractivity contribution in [3.8, 4) is 11.8 Å². The van der Waals surface area contributed by atoms with Crippen LogP contribution in [0.5, 0.6) is 0 Å². The number of carbonyl (C=O) groups is 1. The first-order valence-electron chi connectivity index (χ1n) is 7.43. The topological polar surface area (TPSA) is 83.6 Å². The number of hydrogen-bond donors (Lipinski definition) is 1. The third kappa shape index (κ3) is 3.31. The van der Waals surface area contributed by atoms with Gasteiger partial charge in [0.15, 0.2) is 0 Å². The maximum absolute atomic E-state index is 12.3. The van der Waals surface area contributed by atoms with E-state index in [1.807, 2.05) is 37.3 Å². The van der Waals surface area contributed by atoms with Gasteiger partial charge in [-0.15, -0.1) is 0 Å². The summed E-state index contributed by atoms with van der Waals surface area (Å²) in [7, 11) is 0. The molecule has 0 aliphatic rings. The number of nitriles is 1. The van der Waals surface area contributed by atoms with E-state index in [1.165, 1.54) is 6.33 Å². The maximum atomic E-state index is 12.3. The Labute approximate surface area is 139 Å². The van der Waals surface area contributed by atoms with Crippen molar-refractivity contribution in [1.82, 2.24) is 20.1 Å². The summed E-state index contributed by atoms with van der Waals surface area (Å²) >= 11 is 0. The molecule has 0 spiro atoms. The van der Waals surface area contributed by atoms with E-state index in [-0.39, 0.29) is 11.9 Å². The van der Waals surface area contributed by atoms with Gasteiger partial charge < -0.3 is 5.32 Å². The zero-order valence-electron chi connectivity index (χ0n) is 13.0. The molecule has 6 heteroatoms. The van der Waals surface area contributed by atoms with Gasteiger partial charge in [-0.3, -0.25) is 4.79 Å². The van der Waals surface area contributed by atoms with Crippen LogP contribution in [0, 0.1) is 11.3 Å². The summed E-state index contributed by atoms with van der Waals surface area (Å²) < 4.78 is 1.67. The SMILES string of the molecule is C[C@@H](NC(=O)c1ccc(C#N)cc1)c1ccc(-n2cncn2)cc1. The summed E-state index contributed by atoms with van der Waals surface area (Å²) in [5.41, 5.74) is 2.95. The fourth-order valence-corrected chi connectivity index (χ4v) is 2.32. The second-order valence-corrected chi connectivity index (χ2v) is 5.32. The molecule has 1 N–H and O–H groups in total. The lowest BCUT2D eigenvalue weighted by molar-refractivity contribution is 0.0940. The minimum absolute atomic E-state index is 0.141. The Balaban J connectivity index is 1.68. The lowest BCUT2D eigenvalue weighted by Gasteiger charge is -2.15. The highest BCUT2D eigenvalue weighted by Crippen LogP contribution is 2.16. The van der Waals surface area contributed by atoms with E-state index >= 15 is 0 Å². The predicted octanol–water partition coefficient (Wildman–Crippen LogP) is 2.63. The smallest absolute Gasteiger partial charge is 0.251 e. The van der Waals surface area contributed by atoms with E-state index in [1.54, 1.807) is 35.3 Å². The van der Waals surface area contributed by atoms with E-state index in [2.05, 4.69) is 15.4 Å². The van der Waals surface area contributed by atoms with Crippen LogP contribution in [0.3, 0.4) is 0 Å². The van der Waals surface area contributed by atoms with Gasteiger partial charge in [0.25, 0.3) is 5.91 Å². The molecule has 1 atom stereocenters. The molecule has 0 saturated carbocycles. The van der Waals surface area contributed by atoms with E-state index in [9.17, 15) is 4.79 Å². The van der Waals surface area contributed by atoms with Gasteiger partial charge in [0.05, 0.1) is 23.4 Å². The van der Waals surface area contributed by atoms with Gasteiger partial charge in [-0.1, -0.05) is 12.1 Å². The molecule has 1 amide bonds. The van der Waals surface area contributed by atoms with Gasteiger partial charge in [0, 0.05) is 5.56 Å². The first kappa shape index (κ1) is 15.4. The van der Waals surface area contributed by atoms with Crippen molar-refractivity contribution < 1.29 is 4.79 Å². The number of nitrogens with one attached hydrogen (secondary N) is 1. The van der Waals surface area contributed by atoms with Gasteiger partial charge >= 0.3 is 0 Å². The molecule has 0 radical (unpaired) electrons. The largest absolute Gasteiger partial charge is 0.346 e. The highest BCUT2D eigenvalue weighted by molar-refractivity contribution is 5.94. The second-order valence-electron chi connectivity index (χ2n) is 5.32. The van der Waals surface area contributed by atoms with Gasteiger partial charge in [-0.2, -0.15) is 10.4 Å². The molecule has 0 unspecified atom stereocenters. The molecular formula is C18H15N5O. The fourth-order valence-electron chi connectivity index (χ4n) is 2.32. The summed E-state index contributed by atoms with van der Waals surface area (Å²) in [4.78, 5) is 16.2. The third-order valence-electron chi connectivity index (χ3n) is 3.70. The van der Waals surface area contributed by atoms with E-state index in [4.69, 9.17) is 5.26 Å². The molecule has 3 rings (SSSR count). The summed E-state index contributed by atoms with van der Waals surface area (Å²) in [6.07, 6.45) is 3.11. The Bertz CT molecular complexity index is 861. The zero-order chi connectivity index (χ0) is 16.9. The number of rotatable bonds is 4. The van der Waals surface area contributed by atoms with Crippen molar-refractivity contribution in [1.29, 1.82) is 5.26 Å². The van der Waals surface area contributed by atoms with Gasteiger partial charge in [-0.05, 0) is 48.9 Å². The number of hydrogen-bond acceptors (Lipinski definition) is 4. The molecule has 6 nitrogen and oxygen atoms in total. The van der Waals surface area contributed by atoms with E-state index in [0.717, 1.165) is 11.3 Å². The van der Waals surface area contributed by atoms with Crippen LogP contribution in [0.1, 0.15) is 34.5 Å². The quantitative estimate of drug-likeness (QED) is 0.801. The maximum Gasteiger partial charge on any atom is 0.251 e. The third-order valence-corrected chi connectivity index (χ3v) is 3.70. The molecule has 0 aliphatic heterocycles. The molecule has 0 bridgehead atoms. The Hall–Kier alpha value is -3.46. The lowest BCUT2D eigenvalue weighted by Crippen LogP contribution is -2.26. The summed E-state index contributed by atoms with van der Waals surface area (Å²) in [6, 6.07) is 16.2. The van der Waals surface area contributed by atoms with Crippen LogP contribution >= 0.6 is 0 Å². The first-order chi connectivity index (χ1) is 11.7. The summed E-state index contributed by atoms with van der Waals surface area (Å²) in [5, 5.41) is 15.8. The molecule has 2 aromatic carbocycles. The summed E-state index contributed by atoms with van der Waals surface area (Å²) in [5.74, 6) is -0.174. The molecule has 1 heterocycles. The molecule has 1 aromatic heterocycles. The van der Waals surface area contributed by atoms with E-state index < -0.39 is 0 Å². The first-order valence-corrected chi connectivity index (χ1v) is 7.43. The Morgan fingerprint density at radius 2 is 1.88 bits per heavy atom. The second kappa shape index (κ2) is 6.75. The zero-order valence-corrected chi connectivity index (χ0v) is 13.0. The van der Waals surface area contributed by atoms with Crippen LogP contribution in [0.25, 0.3) is 5.69 Å².